The van der Waals surface area contributed by atoms with E-state index in [1.54, 1.807) is 0 Å². The van der Waals surface area contributed by atoms with Gasteiger partial charge in [-0.25, -0.2) is 0 Å². The van der Waals surface area contributed by atoms with E-state index in [9.17, 15) is 0 Å². The average Bonchev–Trinajstić information content (AvgIpc) is 2.41. The molecular formula is C17H18BrCl2N. The van der Waals surface area contributed by atoms with Crippen LogP contribution in [0.25, 0.3) is 0 Å². The second-order valence-corrected chi connectivity index (χ2v) is 6.98. The number of benzene rings is 2. The predicted molar refractivity (Wildman–Crippen MR) is 95.3 cm³/mol. The number of halogens is 3. The van der Waals surface area contributed by atoms with Crippen LogP contribution in [0.5, 0.6) is 0 Å². The molecule has 1 nitrogen and oxygen atoms in total. The maximum Gasteiger partial charge on any atom is 0.0464 e. The summed E-state index contributed by atoms with van der Waals surface area (Å²) in [5.74, 6) is 0. The molecule has 4 heteroatoms. The molecule has 0 heterocycles. The second-order valence-electron chi connectivity index (χ2n) is 5.25. The molecule has 21 heavy (non-hydrogen) atoms. The summed E-state index contributed by atoms with van der Waals surface area (Å²) in [5.41, 5.74) is 2.26. The Kier molecular flexibility index (Phi) is 6.12. The van der Waals surface area contributed by atoms with Gasteiger partial charge < -0.3 is 5.32 Å². The highest BCUT2D eigenvalue weighted by Crippen LogP contribution is 2.27. The van der Waals surface area contributed by atoms with Crippen LogP contribution in [-0.4, -0.2) is 6.04 Å². The number of hydrogen-bond acceptors (Lipinski definition) is 1. The van der Waals surface area contributed by atoms with E-state index >= 15 is 0 Å². The minimum absolute atomic E-state index is 0.183. The molecule has 0 amide bonds. The summed E-state index contributed by atoms with van der Waals surface area (Å²) in [4.78, 5) is 0. The van der Waals surface area contributed by atoms with Gasteiger partial charge in [-0.2, -0.15) is 0 Å². The van der Waals surface area contributed by atoms with Crippen molar-refractivity contribution in [1.29, 1.82) is 0 Å². The normalized spacial score (nSPS) is 14.0. The zero-order chi connectivity index (χ0) is 15.4. The smallest absolute Gasteiger partial charge is 0.0464 e. The van der Waals surface area contributed by atoms with Gasteiger partial charge in [0.1, 0.15) is 0 Å². The third-order valence-corrected chi connectivity index (χ3v) is 4.64. The van der Waals surface area contributed by atoms with Gasteiger partial charge in [-0.3, -0.25) is 0 Å². The van der Waals surface area contributed by atoms with E-state index in [2.05, 4.69) is 41.2 Å². The van der Waals surface area contributed by atoms with Gasteiger partial charge in [0, 0.05) is 26.6 Å². The molecule has 0 fully saturated rings. The Balaban J connectivity index is 2.02. The van der Waals surface area contributed by atoms with Crippen LogP contribution in [0.3, 0.4) is 0 Å². The lowest BCUT2D eigenvalue weighted by molar-refractivity contribution is 0.477. The van der Waals surface area contributed by atoms with Gasteiger partial charge >= 0.3 is 0 Å². The summed E-state index contributed by atoms with van der Waals surface area (Å²) in [6, 6.07) is 14.4. The maximum atomic E-state index is 6.30. The van der Waals surface area contributed by atoms with Crippen LogP contribution in [-0.2, 0) is 6.42 Å². The first-order valence-electron chi connectivity index (χ1n) is 6.91. The number of hydrogen-bond donors (Lipinski definition) is 1. The Morgan fingerprint density at radius 1 is 1.05 bits per heavy atom. The van der Waals surface area contributed by atoms with E-state index in [1.165, 1.54) is 0 Å². The summed E-state index contributed by atoms with van der Waals surface area (Å²) in [5, 5.41) is 5.17. The fraction of sp³-hybridized carbons (Fsp3) is 0.294. The zero-order valence-electron chi connectivity index (χ0n) is 12.0. The van der Waals surface area contributed by atoms with E-state index in [-0.39, 0.29) is 6.04 Å². The molecule has 0 radical (unpaired) electrons. The molecule has 0 aliphatic carbocycles. The van der Waals surface area contributed by atoms with Gasteiger partial charge in [-0.05, 0) is 49.6 Å². The van der Waals surface area contributed by atoms with Gasteiger partial charge in [0.05, 0.1) is 0 Å². The van der Waals surface area contributed by atoms with E-state index in [1.807, 2.05) is 36.4 Å². The molecule has 2 aromatic rings. The van der Waals surface area contributed by atoms with E-state index in [0.717, 1.165) is 32.1 Å². The minimum Gasteiger partial charge on any atom is -0.307 e. The first-order valence-corrected chi connectivity index (χ1v) is 8.46. The van der Waals surface area contributed by atoms with E-state index < -0.39 is 0 Å². The van der Waals surface area contributed by atoms with E-state index in [4.69, 9.17) is 23.2 Å². The second kappa shape index (κ2) is 7.64. The van der Waals surface area contributed by atoms with Gasteiger partial charge in [0.25, 0.3) is 0 Å². The standard InChI is InChI=1S/C17H18BrCl2N/c1-11(9-13-5-3-4-6-16(13)19)21-12(2)15-8-7-14(18)10-17(15)20/h3-8,10-12,21H,9H2,1-2H3. The van der Waals surface area contributed by atoms with Crippen molar-refractivity contribution >= 4 is 39.1 Å². The molecular weight excluding hydrogens is 369 g/mol. The maximum absolute atomic E-state index is 6.30. The molecule has 2 atom stereocenters. The van der Waals surface area contributed by atoms with Gasteiger partial charge in [0.15, 0.2) is 0 Å². The van der Waals surface area contributed by atoms with Crippen LogP contribution in [0.4, 0.5) is 0 Å². The lowest BCUT2D eigenvalue weighted by Gasteiger charge is -2.22. The van der Waals surface area contributed by atoms with Crippen LogP contribution in [0.1, 0.15) is 31.0 Å². The van der Waals surface area contributed by atoms with Crippen molar-refractivity contribution in [3.63, 3.8) is 0 Å². The molecule has 0 saturated heterocycles. The summed E-state index contributed by atoms with van der Waals surface area (Å²) >= 11 is 15.9. The molecule has 2 unspecified atom stereocenters. The molecule has 0 bridgehead atoms. The summed E-state index contributed by atoms with van der Waals surface area (Å²) in [7, 11) is 0. The summed E-state index contributed by atoms with van der Waals surface area (Å²) < 4.78 is 0.993. The van der Waals surface area contributed by atoms with Crippen molar-refractivity contribution < 1.29 is 0 Å². The molecule has 2 rings (SSSR count). The van der Waals surface area contributed by atoms with Crippen LogP contribution < -0.4 is 5.32 Å². The Morgan fingerprint density at radius 3 is 2.43 bits per heavy atom. The molecule has 2 aromatic carbocycles. The van der Waals surface area contributed by atoms with Gasteiger partial charge in [-0.1, -0.05) is 63.4 Å². The van der Waals surface area contributed by atoms with Crippen molar-refractivity contribution in [2.24, 2.45) is 0 Å². The fourth-order valence-corrected chi connectivity index (χ4v) is 3.47. The van der Waals surface area contributed by atoms with Crippen LogP contribution in [0, 0.1) is 0 Å². The monoisotopic (exact) mass is 385 g/mol. The van der Waals surface area contributed by atoms with Gasteiger partial charge in [-0.15, -0.1) is 0 Å². The molecule has 0 aliphatic rings. The third-order valence-electron chi connectivity index (χ3n) is 3.45. The van der Waals surface area contributed by atoms with E-state index in [0.29, 0.717) is 6.04 Å². The molecule has 0 aliphatic heterocycles. The first kappa shape index (κ1) is 16.8. The van der Waals surface area contributed by atoms with Crippen LogP contribution >= 0.6 is 39.1 Å². The molecule has 112 valence electrons. The molecule has 0 aromatic heterocycles. The lowest BCUT2D eigenvalue weighted by Crippen LogP contribution is -2.31. The zero-order valence-corrected chi connectivity index (χ0v) is 15.1. The first-order chi connectivity index (χ1) is 9.97. The summed E-state index contributed by atoms with van der Waals surface area (Å²) in [6.07, 6.45) is 0.887. The SMILES string of the molecule is CC(Cc1ccccc1Cl)NC(C)c1ccc(Br)cc1Cl. The Bertz CT molecular complexity index is 615. The van der Waals surface area contributed by atoms with Gasteiger partial charge in [0.2, 0.25) is 0 Å². The van der Waals surface area contributed by atoms with Crippen molar-refractivity contribution in [3.05, 3.63) is 68.1 Å². The highest BCUT2D eigenvalue weighted by atomic mass is 79.9. The van der Waals surface area contributed by atoms with Crippen molar-refractivity contribution in [2.75, 3.05) is 0 Å². The lowest BCUT2D eigenvalue weighted by atomic mass is 10.0. The van der Waals surface area contributed by atoms with Crippen molar-refractivity contribution in [2.45, 2.75) is 32.4 Å². The molecule has 0 saturated carbocycles. The highest BCUT2D eigenvalue weighted by Gasteiger charge is 2.14. The highest BCUT2D eigenvalue weighted by molar-refractivity contribution is 9.10. The van der Waals surface area contributed by atoms with Crippen LogP contribution in [0.2, 0.25) is 10.0 Å². The van der Waals surface area contributed by atoms with Crippen molar-refractivity contribution in [1.82, 2.24) is 5.32 Å². The fourth-order valence-electron chi connectivity index (χ4n) is 2.42. The summed E-state index contributed by atoms with van der Waals surface area (Å²) in [6.45, 7) is 4.28. The molecule has 1 N–H and O–H groups in total. The number of nitrogens with one attached hydrogen (secondary N) is 1. The Labute approximate surface area is 144 Å². The average molecular weight is 387 g/mol. The predicted octanol–water partition coefficient (Wildman–Crippen LogP) is 6.04. The Morgan fingerprint density at radius 2 is 1.76 bits per heavy atom. The molecule has 0 spiro atoms. The minimum atomic E-state index is 0.183. The van der Waals surface area contributed by atoms with Crippen molar-refractivity contribution in [3.8, 4) is 0 Å². The largest absolute Gasteiger partial charge is 0.307 e. The quantitative estimate of drug-likeness (QED) is 0.660. The topological polar surface area (TPSA) is 12.0 Å². The van der Waals surface area contributed by atoms with Crippen LogP contribution in [0.15, 0.2) is 46.9 Å². The number of rotatable bonds is 5. The third kappa shape index (κ3) is 4.72. The Hall–Kier alpha value is -0.540.